The number of hydrogen-bond acceptors (Lipinski definition) is 7. The summed E-state index contributed by atoms with van der Waals surface area (Å²) in [6, 6.07) is 19.4. The molecule has 238 valence electrons. The lowest BCUT2D eigenvalue weighted by Gasteiger charge is -2.26. The number of amides is 1. The summed E-state index contributed by atoms with van der Waals surface area (Å²) in [6.45, 7) is 0.311. The number of aromatic nitrogens is 1. The standard InChI is InChI=1S/C35H34ClN3O6S/c1-44-30-17-16-26(21-31(30)46(42,43)39-18-5-2-6-19-39)37-32(40)22-45-35(41)33-27-9-3-4-11-29(27)38-34-24(8-7-10-28(33)34)20-23-12-14-25(36)15-13-23/h3-4,9,11-17,20-21H,2,5-8,10,18-19,22H2,1H3,(H,37,40). The number of hydrogen-bond donors (Lipinski definition) is 1. The molecule has 6 rings (SSSR count). The van der Waals surface area contributed by atoms with Crippen LogP contribution in [0.2, 0.25) is 5.02 Å². The second-order valence-electron chi connectivity index (χ2n) is 11.4. The minimum absolute atomic E-state index is 0.0240. The second-order valence-corrected chi connectivity index (χ2v) is 13.7. The molecular formula is C35H34ClN3O6S. The molecule has 0 spiro atoms. The number of carbonyl (C=O) groups excluding carboxylic acids is 2. The van der Waals surface area contributed by atoms with Gasteiger partial charge in [-0.05, 0) is 91.3 Å². The largest absolute Gasteiger partial charge is 0.495 e. The van der Waals surface area contributed by atoms with E-state index in [1.807, 2.05) is 48.5 Å². The van der Waals surface area contributed by atoms with E-state index in [1.165, 1.54) is 23.5 Å². The lowest BCUT2D eigenvalue weighted by atomic mass is 9.86. The van der Waals surface area contributed by atoms with Gasteiger partial charge in [0.2, 0.25) is 10.0 Å². The Balaban J connectivity index is 1.23. The number of halogens is 1. The first kappa shape index (κ1) is 31.7. The SMILES string of the molecule is COc1ccc(NC(=O)COC(=O)c2c3c(nc4ccccc24)C(=Cc2ccc(Cl)cc2)CCC3)cc1S(=O)(=O)N1CCCCC1. The average molecular weight is 660 g/mol. The summed E-state index contributed by atoms with van der Waals surface area (Å²) in [4.78, 5) is 31.6. The Morgan fingerprint density at radius 3 is 2.50 bits per heavy atom. The molecule has 1 aliphatic heterocycles. The van der Waals surface area contributed by atoms with Gasteiger partial charge in [0.1, 0.15) is 10.6 Å². The number of methoxy groups -OCH3 is 1. The number of fused-ring (bicyclic) bond motifs is 2. The highest BCUT2D eigenvalue weighted by atomic mass is 35.5. The van der Waals surface area contributed by atoms with Crippen molar-refractivity contribution in [1.82, 2.24) is 9.29 Å². The highest BCUT2D eigenvalue weighted by molar-refractivity contribution is 7.89. The van der Waals surface area contributed by atoms with Crippen molar-refractivity contribution in [2.24, 2.45) is 0 Å². The van der Waals surface area contributed by atoms with E-state index >= 15 is 0 Å². The number of nitrogens with one attached hydrogen (secondary N) is 1. The van der Waals surface area contributed by atoms with Gasteiger partial charge in [0.15, 0.2) is 6.61 Å². The van der Waals surface area contributed by atoms with Gasteiger partial charge in [0, 0.05) is 29.2 Å². The van der Waals surface area contributed by atoms with E-state index in [2.05, 4.69) is 11.4 Å². The summed E-state index contributed by atoms with van der Waals surface area (Å²) in [5, 5.41) is 3.97. The normalized spacial score (nSPS) is 16.2. The molecule has 3 aromatic carbocycles. The lowest BCUT2D eigenvalue weighted by Crippen LogP contribution is -2.35. The van der Waals surface area contributed by atoms with E-state index in [0.717, 1.165) is 54.5 Å². The molecule has 1 saturated heterocycles. The number of esters is 1. The molecule has 0 unspecified atom stereocenters. The molecule has 1 aromatic heterocycles. The highest BCUT2D eigenvalue weighted by Gasteiger charge is 2.30. The quantitative estimate of drug-likeness (QED) is 0.208. The monoisotopic (exact) mass is 659 g/mol. The van der Waals surface area contributed by atoms with Crippen LogP contribution >= 0.6 is 11.6 Å². The molecule has 1 fully saturated rings. The van der Waals surface area contributed by atoms with Gasteiger partial charge in [-0.3, -0.25) is 4.79 Å². The van der Waals surface area contributed by atoms with Crippen LogP contribution in [0, 0.1) is 0 Å². The third-order valence-electron chi connectivity index (χ3n) is 8.30. The van der Waals surface area contributed by atoms with Crippen molar-refractivity contribution in [3.63, 3.8) is 0 Å². The Morgan fingerprint density at radius 1 is 0.978 bits per heavy atom. The van der Waals surface area contributed by atoms with Crippen LogP contribution in [0.4, 0.5) is 5.69 Å². The fraction of sp³-hybridized carbons (Fsp3) is 0.286. The van der Waals surface area contributed by atoms with Gasteiger partial charge in [0.05, 0.1) is 23.9 Å². The summed E-state index contributed by atoms with van der Waals surface area (Å²) >= 11 is 6.08. The van der Waals surface area contributed by atoms with Crippen molar-refractivity contribution >= 4 is 61.7 Å². The summed E-state index contributed by atoms with van der Waals surface area (Å²) in [7, 11) is -2.42. The van der Waals surface area contributed by atoms with Crippen LogP contribution in [-0.4, -0.2) is 56.4 Å². The molecule has 11 heteroatoms. The van der Waals surface area contributed by atoms with Crippen LogP contribution in [0.5, 0.6) is 5.75 Å². The molecule has 1 amide bonds. The number of benzene rings is 3. The Labute approximate surface area is 273 Å². The number of para-hydroxylation sites is 1. The molecule has 0 saturated carbocycles. The van der Waals surface area contributed by atoms with Gasteiger partial charge in [-0.1, -0.05) is 48.4 Å². The third kappa shape index (κ3) is 6.65. The first-order valence-electron chi connectivity index (χ1n) is 15.3. The number of allylic oxidation sites excluding steroid dienone is 1. The zero-order valence-electron chi connectivity index (χ0n) is 25.4. The molecule has 2 heterocycles. The minimum atomic E-state index is -3.83. The van der Waals surface area contributed by atoms with Crippen LogP contribution in [0.1, 0.15) is 59.3 Å². The van der Waals surface area contributed by atoms with Crippen molar-refractivity contribution in [2.75, 3.05) is 32.1 Å². The molecular weight excluding hydrogens is 626 g/mol. The second kappa shape index (κ2) is 13.6. The predicted octanol–water partition coefficient (Wildman–Crippen LogP) is 6.74. The van der Waals surface area contributed by atoms with Crippen LogP contribution < -0.4 is 10.1 Å². The van der Waals surface area contributed by atoms with Crippen molar-refractivity contribution in [3.8, 4) is 5.75 Å². The molecule has 2 aliphatic rings. The maximum atomic E-state index is 13.7. The smallest absolute Gasteiger partial charge is 0.339 e. The van der Waals surface area contributed by atoms with Crippen molar-refractivity contribution < 1.29 is 27.5 Å². The number of piperidine rings is 1. The zero-order valence-corrected chi connectivity index (χ0v) is 27.0. The van der Waals surface area contributed by atoms with Gasteiger partial charge in [-0.25, -0.2) is 18.2 Å². The maximum Gasteiger partial charge on any atom is 0.339 e. The molecule has 46 heavy (non-hydrogen) atoms. The predicted molar refractivity (Wildman–Crippen MR) is 179 cm³/mol. The van der Waals surface area contributed by atoms with E-state index in [4.69, 9.17) is 26.1 Å². The number of nitrogens with zero attached hydrogens (tertiary/aromatic N) is 2. The van der Waals surface area contributed by atoms with Crippen LogP contribution in [0.3, 0.4) is 0 Å². The number of sulfonamides is 1. The maximum absolute atomic E-state index is 13.7. The summed E-state index contributed by atoms with van der Waals surface area (Å²) in [5.74, 6) is -1.04. The molecule has 4 aromatic rings. The topological polar surface area (TPSA) is 115 Å². The zero-order chi connectivity index (χ0) is 32.3. The molecule has 0 bridgehead atoms. The summed E-state index contributed by atoms with van der Waals surface area (Å²) < 4.78 is 39.1. The number of ether oxygens (including phenoxy) is 2. The van der Waals surface area contributed by atoms with Crippen LogP contribution in [0.25, 0.3) is 22.6 Å². The Morgan fingerprint density at radius 2 is 1.74 bits per heavy atom. The highest BCUT2D eigenvalue weighted by Crippen LogP contribution is 2.37. The van der Waals surface area contributed by atoms with Gasteiger partial charge in [-0.2, -0.15) is 4.31 Å². The Bertz CT molecular complexity index is 1940. The molecule has 1 aliphatic carbocycles. The number of anilines is 1. The Hall–Kier alpha value is -4.25. The average Bonchev–Trinajstić information content (AvgIpc) is 3.07. The van der Waals surface area contributed by atoms with Crippen molar-refractivity contribution in [1.29, 1.82) is 0 Å². The molecule has 0 atom stereocenters. The lowest BCUT2D eigenvalue weighted by molar-refractivity contribution is -0.119. The van der Waals surface area contributed by atoms with Gasteiger partial charge < -0.3 is 14.8 Å². The Kier molecular flexibility index (Phi) is 9.39. The molecule has 0 radical (unpaired) electrons. The van der Waals surface area contributed by atoms with Crippen molar-refractivity contribution in [2.45, 2.75) is 43.4 Å². The van der Waals surface area contributed by atoms with E-state index < -0.39 is 28.5 Å². The number of carbonyl (C=O) groups is 2. The van der Waals surface area contributed by atoms with E-state index in [-0.39, 0.29) is 16.3 Å². The van der Waals surface area contributed by atoms with Gasteiger partial charge in [-0.15, -0.1) is 0 Å². The fourth-order valence-electron chi connectivity index (χ4n) is 6.07. The van der Waals surface area contributed by atoms with E-state index in [0.29, 0.717) is 41.0 Å². The molecule has 9 nitrogen and oxygen atoms in total. The number of rotatable bonds is 8. The molecule has 1 N–H and O–H groups in total. The summed E-state index contributed by atoms with van der Waals surface area (Å²) in [6.07, 6.45) is 6.90. The fourth-order valence-corrected chi connectivity index (χ4v) is 7.89. The van der Waals surface area contributed by atoms with Crippen LogP contribution in [0.15, 0.2) is 71.6 Å². The van der Waals surface area contributed by atoms with Crippen molar-refractivity contribution in [3.05, 3.63) is 94.1 Å². The number of pyridine rings is 1. The van der Waals surface area contributed by atoms with E-state index in [1.54, 1.807) is 6.07 Å². The summed E-state index contributed by atoms with van der Waals surface area (Å²) in [5.41, 5.74) is 4.83. The van der Waals surface area contributed by atoms with E-state index in [9.17, 15) is 18.0 Å². The first-order chi connectivity index (χ1) is 22.2. The van der Waals surface area contributed by atoms with Gasteiger partial charge in [0.25, 0.3) is 5.91 Å². The van der Waals surface area contributed by atoms with Gasteiger partial charge >= 0.3 is 5.97 Å². The third-order valence-corrected chi connectivity index (χ3v) is 10.5. The minimum Gasteiger partial charge on any atom is -0.495 e. The first-order valence-corrected chi connectivity index (χ1v) is 17.1. The van der Waals surface area contributed by atoms with Crippen LogP contribution in [-0.2, 0) is 26.0 Å².